The zero-order chi connectivity index (χ0) is 17.6. The molecule has 0 aliphatic carbocycles. The maximum atomic E-state index is 12.3. The van der Waals surface area contributed by atoms with E-state index >= 15 is 0 Å². The molecular weight excluding hydrogens is 330 g/mol. The molecule has 2 rings (SSSR count). The third-order valence-electron chi connectivity index (χ3n) is 2.82. The van der Waals surface area contributed by atoms with Crippen LogP contribution in [-0.2, 0) is 14.8 Å². The first-order valence-electron chi connectivity index (χ1n) is 7.00. The van der Waals surface area contributed by atoms with Crippen molar-refractivity contribution in [3.8, 4) is 0 Å². The fraction of sp³-hybridized carbons (Fsp3) is 0.133. The first-order chi connectivity index (χ1) is 11.4. The minimum atomic E-state index is -3.79. The zero-order valence-corrected chi connectivity index (χ0v) is 13.8. The average molecular weight is 347 g/mol. The van der Waals surface area contributed by atoms with Gasteiger partial charge in [0.25, 0.3) is 10.0 Å². The first kappa shape index (κ1) is 17.4. The Morgan fingerprint density at radius 3 is 2.29 bits per heavy atom. The molecule has 0 atom stereocenters. The van der Waals surface area contributed by atoms with Crippen molar-refractivity contribution >= 4 is 33.3 Å². The molecule has 0 aliphatic rings. The second kappa shape index (κ2) is 7.55. The normalized spacial score (nSPS) is 10.7. The van der Waals surface area contributed by atoms with E-state index in [0.29, 0.717) is 18.1 Å². The highest BCUT2D eigenvalue weighted by Crippen LogP contribution is 2.17. The summed E-state index contributed by atoms with van der Waals surface area (Å²) in [4.78, 5) is 11.0. The van der Waals surface area contributed by atoms with Crippen LogP contribution >= 0.6 is 0 Å². The monoisotopic (exact) mass is 347 g/mol. The van der Waals surface area contributed by atoms with E-state index in [2.05, 4.69) is 32.1 Å². The number of sulfonamides is 1. The number of aromatic nitrogens is 2. The van der Waals surface area contributed by atoms with E-state index in [4.69, 9.17) is 0 Å². The highest BCUT2D eigenvalue weighted by molar-refractivity contribution is 7.92. The molecule has 9 heteroatoms. The Morgan fingerprint density at radius 1 is 1.12 bits per heavy atom. The molecule has 0 fully saturated rings. The van der Waals surface area contributed by atoms with Crippen molar-refractivity contribution in [2.75, 3.05) is 21.9 Å². The number of amides is 1. The molecule has 1 heterocycles. The van der Waals surface area contributed by atoms with E-state index in [0.717, 1.165) is 0 Å². The predicted molar refractivity (Wildman–Crippen MR) is 92.3 cm³/mol. The van der Waals surface area contributed by atoms with Crippen LogP contribution in [0.1, 0.15) is 6.92 Å². The third kappa shape index (κ3) is 4.78. The summed E-state index contributed by atoms with van der Waals surface area (Å²) in [6.45, 7) is 5.47. The van der Waals surface area contributed by atoms with Gasteiger partial charge in [0.05, 0.1) is 4.90 Å². The summed E-state index contributed by atoms with van der Waals surface area (Å²) in [7, 11) is -3.79. The van der Waals surface area contributed by atoms with Gasteiger partial charge >= 0.3 is 0 Å². The van der Waals surface area contributed by atoms with Crippen LogP contribution in [0.4, 0.5) is 17.3 Å². The van der Waals surface area contributed by atoms with Crippen molar-refractivity contribution in [1.29, 1.82) is 0 Å². The van der Waals surface area contributed by atoms with E-state index in [-0.39, 0.29) is 16.6 Å². The maximum absolute atomic E-state index is 12.3. The van der Waals surface area contributed by atoms with Crippen molar-refractivity contribution in [3.63, 3.8) is 0 Å². The number of rotatable bonds is 7. The SMILES string of the molecule is C=CCNc1ccc(NS(=O)(=O)c2ccc(NC(C)=O)cc2)nn1. The minimum absolute atomic E-state index is 0.0484. The summed E-state index contributed by atoms with van der Waals surface area (Å²) in [5.41, 5.74) is 0.513. The summed E-state index contributed by atoms with van der Waals surface area (Å²) in [6, 6.07) is 8.89. The molecule has 0 unspecified atom stereocenters. The lowest BCUT2D eigenvalue weighted by Gasteiger charge is -2.08. The highest BCUT2D eigenvalue weighted by atomic mass is 32.2. The zero-order valence-electron chi connectivity index (χ0n) is 13.0. The number of nitrogens with one attached hydrogen (secondary N) is 3. The lowest BCUT2D eigenvalue weighted by atomic mass is 10.3. The first-order valence-corrected chi connectivity index (χ1v) is 8.48. The van der Waals surface area contributed by atoms with Crippen LogP contribution in [0.3, 0.4) is 0 Å². The van der Waals surface area contributed by atoms with Crippen LogP contribution in [-0.4, -0.2) is 31.1 Å². The summed E-state index contributed by atoms with van der Waals surface area (Å²) in [5, 5.41) is 13.2. The van der Waals surface area contributed by atoms with E-state index in [1.807, 2.05) is 0 Å². The van der Waals surface area contributed by atoms with E-state index in [9.17, 15) is 13.2 Å². The van der Waals surface area contributed by atoms with Crippen LogP contribution in [0.15, 0.2) is 53.9 Å². The van der Waals surface area contributed by atoms with Gasteiger partial charge in [-0.05, 0) is 36.4 Å². The highest BCUT2D eigenvalue weighted by Gasteiger charge is 2.15. The molecule has 1 aromatic carbocycles. The van der Waals surface area contributed by atoms with Crippen LogP contribution in [0.2, 0.25) is 0 Å². The molecule has 0 aliphatic heterocycles. The predicted octanol–water partition coefficient (Wildman–Crippen LogP) is 1.83. The molecule has 126 valence electrons. The molecule has 0 saturated heterocycles. The summed E-state index contributed by atoms with van der Waals surface area (Å²) >= 11 is 0. The lowest BCUT2D eigenvalue weighted by molar-refractivity contribution is -0.114. The number of hydrogen-bond acceptors (Lipinski definition) is 6. The minimum Gasteiger partial charge on any atom is -0.365 e. The second-order valence-corrected chi connectivity index (χ2v) is 6.47. The van der Waals surface area contributed by atoms with E-state index < -0.39 is 10.0 Å². The van der Waals surface area contributed by atoms with Crippen LogP contribution in [0.5, 0.6) is 0 Å². The fourth-order valence-electron chi connectivity index (χ4n) is 1.77. The van der Waals surface area contributed by atoms with Gasteiger partial charge in [-0.2, -0.15) is 0 Å². The van der Waals surface area contributed by atoms with Crippen LogP contribution < -0.4 is 15.4 Å². The fourth-order valence-corrected chi connectivity index (χ4v) is 2.77. The van der Waals surface area contributed by atoms with Crippen molar-refractivity contribution in [2.45, 2.75) is 11.8 Å². The van der Waals surface area contributed by atoms with Gasteiger partial charge in [0.1, 0.15) is 5.82 Å². The van der Waals surface area contributed by atoms with Gasteiger partial charge in [-0.15, -0.1) is 16.8 Å². The van der Waals surface area contributed by atoms with Gasteiger partial charge in [-0.25, -0.2) is 8.42 Å². The number of nitrogens with zero attached hydrogens (tertiary/aromatic N) is 2. The Bertz CT molecular complexity index is 817. The molecular formula is C15H17N5O3S. The van der Waals surface area contributed by atoms with Crippen LogP contribution in [0, 0.1) is 0 Å². The van der Waals surface area contributed by atoms with Gasteiger partial charge in [-0.1, -0.05) is 6.08 Å². The number of carbonyl (C=O) groups excluding carboxylic acids is 1. The Hall–Kier alpha value is -2.94. The van der Waals surface area contributed by atoms with Gasteiger partial charge in [0.15, 0.2) is 5.82 Å². The number of anilines is 3. The van der Waals surface area contributed by atoms with E-state index in [1.54, 1.807) is 12.1 Å². The Labute approximate surface area is 140 Å². The molecule has 3 N–H and O–H groups in total. The molecule has 24 heavy (non-hydrogen) atoms. The third-order valence-corrected chi connectivity index (χ3v) is 4.19. The Morgan fingerprint density at radius 2 is 1.75 bits per heavy atom. The largest absolute Gasteiger partial charge is 0.365 e. The van der Waals surface area contributed by atoms with Crippen molar-refractivity contribution in [3.05, 3.63) is 49.1 Å². The van der Waals surface area contributed by atoms with Gasteiger partial charge in [0.2, 0.25) is 5.91 Å². The standard InChI is InChI=1S/C15H17N5O3S/c1-3-10-16-14-8-9-15(19-18-14)20-24(22,23)13-6-4-12(5-7-13)17-11(2)21/h3-9H,1,10H2,2H3,(H,16,18)(H,17,21)(H,19,20). The topological polar surface area (TPSA) is 113 Å². The number of benzene rings is 1. The van der Waals surface area contributed by atoms with Crippen molar-refractivity contribution < 1.29 is 13.2 Å². The van der Waals surface area contributed by atoms with Crippen LogP contribution in [0.25, 0.3) is 0 Å². The van der Waals surface area contributed by atoms with Crippen molar-refractivity contribution in [2.24, 2.45) is 0 Å². The number of hydrogen-bond donors (Lipinski definition) is 3. The quantitative estimate of drug-likeness (QED) is 0.659. The van der Waals surface area contributed by atoms with Gasteiger partial charge in [-0.3, -0.25) is 9.52 Å². The van der Waals surface area contributed by atoms with Crippen molar-refractivity contribution in [1.82, 2.24) is 10.2 Å². The maximum Gasteiger partial charge on any atom is 0.263 e. The molecule has 0 bridgehead atoms. The Balaban J connectivity index is 2.10. The summed E-state index contributed by atoms with van der Waals surface area (Å²) < 4.78 is 26.9. The van der Waals surface area contributed by atoms with Gasteiger partial charge in [0, 0.05) is 19.2 Å². The van der Waals surface area contributed by atoms with E-state index in [1.165, 1.54) is 37.3 Å². The smallest absolute Gasteiger partial charge is 0.263 e. The second-order valence-electron chi connectivity index (χ2n) is 4.78. The summed E-state index contributed by atoms with van der Waals surface area (Å²) in [6.07, 6.45) is 1.67. The molecule has 0 spiro atoms. The average Bonchev–Trinajstić information content (AvgIpc) is 2.54. The Kier molecular flexibility index (Phi) is 5.48. The molecule has 0 saturated carbocycles. The molecule has 2 aromatic rings. The molecule has 0 radical (unpaired) electrons. The molecule has 8 nitrogen and oxygen atoms in total. The van der Waals surface area contributed by atoms with Gasteiger partial charge < -0.3 is 10.6 Å². The summed E-state index contributed by atoms with van der Waals surface area (Å²) in [5.74, 6) is 0.381. The molecule has 1 aromatic heterocycles. The molecule has 1 amide bonds. The lowest BCUT2D eigenvalue weighted by Crippen LogP contribution is -2.15. The number of carbonyl (C=O) groups is 1.